The minimum atomic E-state index is -0.994. The number of amides is 1. The predicted octanol–water partition coefficient (Wildman–Crippen LogP) is 0.829. The predicted molar refractivity (Wildman–Crippen MR) is 107 cm³/mol. The highest BCUT2D eigenvalue weighted by atomic mass is 16.5. The molecule has 8 heteroatoms. The van der Waals surface area contributed by atoms with E-state index in [-0.39, 0.29) is 30.8 Å². The molecule has 2 aliphatic carbocycles. The van der Waals surface area contributed by atoms with E-state index in [1.807, 2.05) is 6.07 Å². The van der Waals surface area contributed by atoms with E-state index in [0.717, 1.165) is 24.9 Å². The van der Waals surface area contributed by atoms with E-state index in [0.29, 0.717) is 24.3 Å². The fourth-order valence-electron chi connectivity index (χ4n) is 6.55. The lowest BCUT2D eigenvalue weighted by Gasteiger charge is -2.63. The Hall–Kier alpha value is -2.32. The number of hydrogen-bond acceptors (Lipinski definition) is 6. The first kappa shape index (κ1) is 19.6. The number of hydrogen-bond donors (Lipinski definition) is 3. The Morgan fingerprint density at radius 3 is 2.87 bits per heavy atom. The first-order valence-corrected chi connectivity index (χ1v) is 10.6. The number of aliphatic carboxylic acids is 1. The molecule has 8 nitrogen and oxygen atoms in total. The number of likely N-dealkylation sites (N-methyl/N-ethyl adjacent to an activating group) is 1. The minimum absolute atomic E-state index is 0.00661. The van der Waals surface area contributed by atoms with Crippen molar-refractivity contribution >= 4 is 11.9 Å². The Kier molecular flexibility index (Phi) is 4.31. The maximum Gasteiger partial charge on any atom is 0.303 e. The molecule has 30 heavy (non-hydrogen) atoms. The molecule has 1 aromatic rings. The number of carboxylic acids is 1. The van der Waals surface area contributed by atoms with E-state index in [1.54, 1.807) is 7.11 Å². The van der Waals surface area contributed by atoms with Crippen molar-refractivity contribution in [2.75, 3.05) is 20.7 Å². The van der Waals surface area contributed by atoms with Gasteiger partial charge in [0.15, 0.2) is 11.5 Å². The molecule has 1 saturated carbocycles. The fourth-order valence-corrected chi connectivity index (χ4v) is 6.55. The average molecular weight is 416 g/mol. The van der Waals surface area contributed by atoms with Crippen LogP contribution in [0.2, 0.25) is 0 Å². The summed E-state index contributed by atoms with van der Waals surface area (Å²) >= 11 is 0. The van der Waals surface area contributed by atoms with Gasteiger partial charge in [-0.1, -0.05) is 6.07 Å². The highest BCUT2D eigenvalue weighted by Gasteiger charge is 2.72. The number of carbonyl (C=O) groups is 2. The summed E-state index contributed by atoms with van der Waals surface area (Å²) in [4.78, 5) is 25.5. The second-order valence-corrected chi connectivity index (χ2v) is 9.12. The van der Waals surface area contributed by atoms with Gasteiger partial charge in [-0.05, 0) is 50.9 Å². The van der Waals surface area contributed by atoms with Crippen molar-refractivity contribution in [3.63, 3.8) is 0 Å². The van der Waals surface area contributed by atoms with Gasteiger partial charge in [0.25, 0.3) is 0 Å². The second-order valence-electron chi connectivity index (χ2n) is 9.12. The van der Waals surface area contributed by atoms with E-state index in [4.69, 9.17) is 14.6 Å². The van der Waals surface area contributed by atoms with Crippen molar-refractivity contribution in [2.24, 2.45) is 0 Å². The number of rotatable bonds is 5. The zero-order valence-electron chi connectivity index (χ0n) is 17.3. The summed E-state index contributed by atoms with van der Waals surface area (Å²) in [6.45, 7) is 0.836. The number of piperidine rings is 1. The normalized spacial score (nSPS) is 35.9. The van der Waals surface area contributed by atoms with Crippen molar-refractivity contribution in [3.05, 3.63) is 23.3 Å². The summed E-state index contributed by atoms with van der Waals surface area (Å²) < 4.78 is 12.1. The Bertz CT molecular complexity index is 919. The molecule has 2 heterocycles. The van der Waals surface area contributed by atoms with Crippen LogP contribution in [0.25, 0.3) is 0 Å². The van der Waals surface area contributed by atoms with Crippen LogP contribution in [0.3, 0.4) is 0 Å². The van der Waals surface area contributed by atoms with Gasteiger partial charge in [0.05, 0.1) is 30.6 Å². The molecular formula is C22H28N2O6. The maximum atomic E-state index is 12.4. The third-order valence-electron chi connectivity index (χ3n) is 7.85. The molecule has 3 N–H and O–H groups in total. The summed E-state index contributed by atoms with van der Waals surface area (Å²) in [5, 5.41) is 24.0. The summed E-state index contributed by atoms with van der Waals surface area (Å²) in [7, 11) is 3.67. The lowest BCUT2D eigenvalue weighted by atomic mass is 9.48. The van der Waals surface area contributed by atoms with Crippen LogP contribution in [0.15, 0.2) is 12.1 Å². The van der Waals surface area contributed by atoms with Crippen LogP contribution in [0, 0.1) is 0 Å². The lowest BCUT2D eigenvalue weighted by Crippen LogP contribution is -2.77. The molecule has 1 aromatic carbocycles. The van der Waals surface area contributed by atoms with Crippen molar-refractivity contribution in [2.45, 2.75) is 67.7 Å². The van der Waals surface area contributed by atoms with E-state index in [1.165, 1.54) is 5.56 Å². The number of carboxylic acid groups (broad SMARTS) is 1. The minimum Gasteiger partial charge on any atom is -0.493 e. The Morgan fingerprint density at radius 1 is 1.33 bits per heavy atom. The second kappa shape index (κ2) is 6.59. The standard InChI is InChI=1S/C22H28N2O6/c1-24-10-9-21-18-12-3-4-14(29-2)19(18)30-20(21)13(23-16(25)5-6-17(26)27)7-8-22(21,28)15(24)11-12/h3-4,13,15,20,28H,5-11H2,1-2H3,(H,23,25)(H,26,27)/t13-,15?,20-,21-,22+/m0/s1. The van der Waals surface area contributed by atoms with Gasteiger partial charge in [0.1, 0.15) is 6.10 Å². The molecule has 1 spiro atoms. The third kappa shape index (κ3) is 2.40. The van der Waals surface area contributed by atoms with E-state index in [9.17, 15) is 14.7 Å². The highest BCUT2D eigenvalue weighted by molar-refractivity contribution is 5.81. The molecule has 5 rings (SSSR count). The van der Waals surface area contributed by atoms with Gasteiger partial charge in [0, 0.05) is 18.0 Å². The van der Waals surface area contributed by atoms with E-state index < -0.39 is 23.1 Å². The molecule has 1 unspecified atom stereocenters. The summed E-state index contributed by atoms with van der Waals surface area (Å²) in [6.07, 6.45) is 1.95. The molecule has 162 valence electrons. The number of carbonyl (C=O) groups excluding carboxylic acids is 1. The van der Waals surface area contributed by atoms with Crippen LogP contribution in [-0.4, -0.2) is 71.5 Å². The fraction of sp³-hybridized carbons (Fsp3) is 0.636. The molecule has 2 aliphatic heterocycles. The number of nitrogens with zero attached hydrogens (tertiary/aromatic N) is 1. The Balaban J connectivity index is 1.58. The van der Waals surface area contributed by atoms with Crippen molar-refractivity contribution in [1.82, 2.24) is 10.2 Å². The number of aliphatic hydroxyl groups is 1. The van der Waals surface area contributed by atoms with Gasteiger partial charge in [-0.25, -0.2) is 0 Å². The van der Waals surface area contributed by atoms with Crippen LogP contribution >= 0.6 is 0 Å². The van der Waals surface area contributed by atoms with Gasteiger partial charge < -0.3 is 29.9 Å². The first-order chi connectivity index (χ1) is 14.3. The summed E-state index contributed by atoms with van der Waals surface area (Å²) in [5.74, 6) is 0.0451. The van der Waals surface area contributed by atoms with Gasteiger partial charge in [0.2, 0.25) is 5.91 Å². The molecule has 5 atom stereocenters. The zero-order chi connectivity index (χ0) is 21.3. The number of nitrogens with one attached hydrogen (secondary N) is 1. The van der Waals surface area contributed by atoms with Crippen molar-refractivity contribution in [3.8, 4) is 11.5 Å². The van der Waals surface area contributed by atoms with E-state index in [2.05, 4.69) is 23.3 Å². The van der Waals surface area contributed by atoms with Gasteiger partial charge in [-0.15, -0.1) is 0 Å². The molecule has 1 saturated heterocycles. The molecule has 0 radical (unpaired) electrons. The number of benzene rings is 1. The van der Waals surface area contributed by atoms with Gasteiger partial charge in [-0.3, -0.25) is 9.59 Å². The van der Waals surface area contributed by atoms with Crippen molar-refractivity contribution in [1.29, 1.82) is 0 Å². The highest BCUT2D eigenvalue weighted by Crippen LogP contribution is 2.65. The topological polar surface area (TPSA) is 108 Å². The van der Waals surface area contributed by atoms with Crippen LogP contribution in [0.4, 0.5) is 0 Å². The molecule has 1 amide bonds. The molecule has 4 aliphatic rings. The van der Waals surface area contributed by atoms with Crippen LogP contribution in [-0.2, 0) is 21.4 Å². The SMILES string of the molecule is COc1ccc2c3c1O[C@H]1[C@@H](NC(=O)CCC(=O)O)CC[C@@]4(O)C(C2)N(C)CC[C@]314. The first-order valence-electron chi connectivity index (χ1n) is 10.6. The van der Waals surface area contributed by atoms with Gasteiger partial charge in [-0.2, -0.15) is 0 Å². The monoisotopic (exact) mass is 416 g/mol. The molecule has 2 fully saturated rings. The van der Waals surface area contributed by atoms with Crippen LogP contribution in [0.5, 0.6) is 11.5 Å². The Labute approximate surface area is 175 Å². The number of likely N-dealkylation sites (tertiary alicyclic amines) is 1. The number of ether oxygens (including phenoxy) is 2. The van der Waals surface area contributed by atoms with Crippen LogP contribution in [0.1, 0.15) is 43.2 Å². The maximum absolute atomic E-state index is 12.4. The zero-order valence-corrected chi connectivity index (χ0v) is 17.3. The third-order valence-corrected chi connectivity index (χ3v) is 7.85. The lowest BCUT2D eigenvalue weighted by molar-refractivity contribution is -0.187. The van der Waals surface area contributed by atoms with Crippen molar-refractivity contribution < 1.29 is 29.3 Å². The summed E-state index contributed by atoms with van der Waals surface area (Å²) in [6, 6.07) is 3.70. The van der Waals surface area contributed by atoms with E-state index >= 15 is 0 Å². The van der Waals surface area contributed by atoms with Gasteiger partial charge >= 0.3 is 5.97 Å². The molecule has 0 aromatic heterocycles. The van der Waals surface area contributed by atoms with Crippen LogP contribution < -0.4 is 14.8 Å². The number of methoxy groups -OCH3 is 1. The quantitative estimate of drug-likeness (QED) is 0.652. The smallest absolute Gasteiger partial charge is 0.303 e. The molecular weight excluding hydrogens is 388 g/mol. The molecule has 2 bridgehead atoms. The Morgan fingerprint density at radius 2 is 2.13 bits per heavy atom. The average Bonchev–Trinajstić information content (AvgIpc) is 3.06. The summed E-state index contributed by atoms with van der Waals surface area (Å²) in [5.41, 5.74) is 0.665. The largest absolute Gasteiger partial charge is 0.493 e.